The van der Waals surface area contributed by atoms with Gasteiger partial charge in [0.05, 0.1) is 18.8 Å². The van der Waals surface area contributed by atoms with Crippen molar-refractivity contribution < 1.29 is 14.3 Å². The normalized spacial score (nSPS) is 18.2. The summed E-state index contributed by atoms with van der Waals surface area (Å²) >= 11 is 0. The van der Waals surface area contributed by atoms with Gasteiger partial charge in [-0.1, -0.05) is 25.3 Å². The predicted molar refractivity (Wildman–Crippen MR) is 139 cm³/mol. The monoisotopic (exact) mass is 499 g/mol. The van der Waals surface area contributed by atoms with Crippen LogP contribution in [0.2, 0.25) is 0 Å². The number of anilines is 4. The molecular weight excluding hydrogens is 470 g/mol. The molecular formula is C27H29N7O3. The highest BCUT2D eigenvalue weighted by molar-refractivity contribution is 6.00. The van der Waals surface area contributed by atoms with E-state index < -0.39 is 5.54 Å². The van der Waals surface area contributed by atoms with Crippen LogP contribution in [-0.4, -0.2) is 34.1 Å². The third kappa shape index (κ3) is 4.37. The number of amides is 1. The molecule has 2 aliphatic heterocycles. The number of ether oxygens (including phenoxy) is 1. The minimum Gasteiger partial charge on any atom is -0.710 e. The molecule has 0 unspecified atom stereocenters. The summed E-state index contributed by atoms with van der Waals surface area (Å²) in [4.78, 5) is 25.9. The van der Waals surface area contributed by atoms with E-state index in [2.05, 4.69) is 37.0 Å². The Morgan fingerprint density at radius 2 is 1.86 bits per heavy atom. The molecule has 1 fully saturated rings. The molecule has 6 rings (SSSR count). The minimum absolute atomic E-state index is 0.161. The van der Waals surface area contributed by atoms with E-state index in [0.717, 1.165) is 61.0 Å². The van der Waals surface area contributed by atoms with Crippen LogP contribution in [0.3, 0.4) is 0 Å². The second-order valence-electron chi connectivity index (χ2n) is 9.85. The van der Waals surface area contributed by atoms with Crippen LogP contribution in [0.4, 0.5) is 23.3 Å². The summed E-state index contributed by atoms with van der Waals surface area (Å²) in [5.74, 6) is 1.82. The Kier molecular flexibility index (Phi) is 5.96. The van der Waals surface area contributed by atoms with Gasteiger partial charge in [-0.3, -0.25) is 4.79 Å². The van der Waals surface area contributed by atoms with E-state index in [1.54, 1.807) is 12.1 Å². The van der Waals surface area contributed by atoms with Gasteiger partial charge in [0, 0.05) is 18.3 Å². The third-order valence-electron chi connectivity index (χ3n) is 7.42. The Morgan fingerprint density at radius 1 is 1.05 bits per heavy atom. The first-order valence-corrected chi connectivity index (χ1v) is 12.7. The molecule has 0 atom stereocenters. The molecule has 3 aromatic rings. The first-order chi connectivity index (χ1) is 18.0. The smallest absolute Gasteiger partial charge is 0.284 e. The highest BCUT2D eigenvalue weighted by Crippen LogP contribution is 2.42. The summed E-state index contributed by atoms with van der Waals surface area (Å²) in [6.07, 6.45) is 10.9. The maximum atomic E-state index is 13.6. The van der Waals surface area contributed by atoms with Crippen molar-refractivity contribution >= 4 is 34.8 Å². The fourth-order valence-electron chi connectivity index (χ4n) is 5.61. The summed E-state index contributed by atoms with van der Waals surface area (Å²) in [5, 5.41) is 23.0. The highest BCUT2D eigenvalue weighted by Gasteiger charge is 2.48. The zero-order valence-electron chi connectivity index (χ0n) is 20.7. The van der Waals surface area contributed by atoms with Crippen LogP contribution in [0, 0.1) is 12.1 Å². The fourth-order valence-corrected chi connectivity index (χ4v) is 5.61. The molecule has 0 bridgehead atoms. The van der Waals surface area contributed by atoms with Gasteiger partial charge in [0.2, 0.25) is 5.82 Å². The van der Waals surface area contributed by atoms with E-state index in [4.69, 9.17) is 4.74 Å². The summed E-state index contributed by atoms with van der Waals surface area (Å²) in [5.41, 5.74) is 3.51. The van der Waals surface area contributed by atoms with Gasteiger partial charge in [0.25, 0.3) is 11.7 Å². The Balaban J connectivity index is 1.24. The van der Waals surface area contributed by atoms with E-state index in [0.29, 0.717) is 41.1 Å². The van der Waals surface area contributed by atoms with Crippen LogP contribution in [0.5, 0.6) is 0 Å². The van der Waals surface area contributed by atoms with Crippen molar-refractivity contribution in [2.45, 2.75) is 51.0 Å². The molecule has 10 heteroatoms. The molecule has 10 nitrogen and oxygen atoms in total. The molecule has 1 amide bonds. The van der Waals surface area contributed by atoms with Crippen molar-refractivity contribution in [2.75, 3.05) is 23.8 Å². The second-order valence-corrected chi connectivity index (χ2v) is 9.85. The predicted octanol–water partition coefficient (Wildman–Crippen LogP) is 4.01. The van der Waals surface area contributed by atoms with Gasteiger partial charge >= 0.3 is 0 Å². The number of carbonyl (C=O) groups excluding carboxylic acids is 1. The molecule has 0 radical (unpaired) electrons. The molecule has 0 aromatic carbocycles. The topological polar surface area (TPSA) is 128 Å². The Morgan fingerprint density at radius 3 is 2.59 bits per heavy atom. The molecule has 1 aliphatic carbocycles. The van der Waals surface area contributed by atoms with E-state index in [-0.39, 0.29) is 5.91 Å². The van der Waals surface area contributed by atoms with Crippen LogP contribution in [0.25, 0.3) is 5.57 Å². The summed E-state index contributed by atoms with van der Waals surface area (Å²) < 4.78 is 6.25. The Bertz CT molecular complexity index is 1380. The van der Waals surface area contributed by atoms with E-state index in [1.165, 1.54) is 11.9 Å². The van der Waals surface area contributed by atoms with Crippen LogP contribution in [0.15, 0.2) is 42.9 Å². The second kappa shape index (κ2) is 9.44. The molecule has 1 saturated carbocycles. The lowest BCUT2D eigenvalue weighted by atomic mass is 9.79. The van der Waals surface area contributed by atoms with Gasteiger partial charge < -0.3 is 20.6 Å². The van der Waals surface area contributed by atoms with Gasteiger partial charge in [-0.05, 0) is 55.0 Å². The molecule has 3 aliphatic rings. The number of hydrogen-bond donors (Lipinski definition) is 3. The van der Waals surface area contributed by atoms with Crippen molar-refractivity contribution in [3.05, 3.63) is 70.5 Å². The number of fused-ring (bicyclic) bond motifs is 2. The standard InChI is InChI=1S/C27H29N7O3/c1-17-13-23(34(36)25-24(17)26(35)33-27(25)9-3-2-4-10-27)32-22-14-21(29-16-30-22)31-20-6-5-19(15-28-20)18-7-11-37-12-8-18/h5-7,13-16H,2-4,8-12H2,1H3,(H,33,35)(H2,28,29,30,31,32). The molecule has 3 aromatic heterocycles. The summed E-state index contributed by atoms with van der Waals surface area (Å²) in [6.45, 7) is 3.22. The number of aromatic nitrogens is 4. The number of aryl methyl sites for hydroxylation is 1. The average Bonchev–Trinajstić information content (AvgIpc) is 3.20. The van der Waals surface area contributed by atoms with Gasteiger partial charge in [0.15, 0.2) is 0 Å². The van der Waals surface area contributed by atoms with E-state index >= 15 is 0 Å². The zero-order valence-corrected chi connectivity index (χ0v) is 20.7. The van der Waals surface area contributed by atoms with Crippen molar-refractivity contribution in [3.63, 3.8) is 0 Å². The number of hydrogen-bond acceptors (Lipinski definition) is 8. The van der Waals surface area contributed by atoms with Gasteiger partial charge in [0.1, 0.15) is 29.2 Å². The van der Waals surface area contributed by atoms with Crippen LogP contribution >= 0.6 is 0 Å². The quantitative estimate of drug-likeness (QED) is 0.355. The Labute approximate surface area is 214 Å². The van der Waals surface area contributed by atoms with E-state index in [1.807, 2.05) is 25.3 Å². The zero-order chi connectivity index (χ0) is 25.4. The summed E-state index contributed by atoms with van der Waals surface area (Å²) in [7, 11) is 0. The molecule has 0 saturated heterocycles. The molecule has 3 N–H and O–H groups in total. The molecule has 190 valence electrons. The Hall–Kier alpha value is -4.05. The maximum absolute atomic E-state index is 13.6. The maximum Gasteiger partial charge on any atom is 0.284 e. The molecule has 1 spiro atoms. The highest BCUT2D eigenvalue weighted by atomic mass is 16.5. The fraction of sp³-hybridized carbons (Fsp3) is 0.370. The average molecular weight is 500 g/mol. The number of rotatable bonds is 5. The largest absolute Gasteiger partial charge is 0.710 e. The SMILES string of the molecule is Cc1cc(Nc2cc(Nc3ccc(C4=CCOCC4)cn3)ncn2)[n+]([O-])c2c1C(=O)NC21CCCCC1. The first kappa shape index (κ1) is 23.4. The van der Waals surface area contributed by atoms with Crippen LogP contribution in [0.1, 0.15) is 65.7 Å². The first-order valence-electron chi connectivity index (χ1n) is 12.7. The van der Waals surface area contributed by atoms with Crippen LogP contribution in [-0.2, 0) is 10.3 Å². The lowest BCUT2D eigenvalue weighted by molar-refractivity contribution is -0.603. The summed E-state index contributed by atoms with van der Waals surface area (Å²) in [6, 6.07) is 7.35. The van der Waals surface area contributed by atoms with Crippen molar-refractivity contribution in [3.8, 4) is 0 Å². The number of carbonyl (C=O) groups is 1. The lowest BCUT2D eigenvalue weighted by Gasteiger charge is -2.34. The molecule has 5 heterocycles. The van der Waals surface area contributed by atoms with Gasteiger partial charge in [-0.15, -0.1) is 0 Å². The lowest BCUT2D eigenvalue weighted by Crippen LogP contribution is -2.49. The minimum atomic E-state index is -0.591. The molecule has 37 heavy (non-hydrogen) atoms. The van der Waals surface area contributed by atoms with E-state index in [9.17, 15) is 10.0 Å². The number of pyridine rings is 2. The number of nitrogens with zero attached hydrogens (tertiary/aromatic N) is 4. The number of nitrogens with one attached hydrogen (secondary N) is 3. The van der Waals surface area contributed by atoms with Gasteiger partial charge in [-0.25, -0.2) is 20.0 Å². The van der Waals surface area contributed by atoms with Crippen molar-refractivity contribution in [1.29, 1.82) is 0 Å². The van der Waals surface area contributed by atoms with Crippen LogP contribution < -0.4 is 20.7 Å². The van der Waals surface area contributed by atoms with Crippen molar-refractivity contribution in [1.82, 2.24) is 20.3 Å². The third-order valence-corrected chi connectivity index (χ3v) is 7.42. The van der Waals surface area contributed by atoms with Gasteiger partial charge in [-0.2, -0.15) is 4.98 Å². The van der Waals surface area contributed by atoms with Crippen molar-refractivity contribution in [2.24, 2.45) is 0 Å².